The number of piperidine rings is 1. The molecule has 10 heteroatoms. The first-order chi connectivity index (χ1) is 16.0. The van der Waals surface area contributed by atoms with Gasteiger partial charge in [-0.1, -0.05) is 16.8 Å². The molecule has 1 amide bonds. The monoisotopic (exact) mass is 474 g/mol. The molecule has 1 saturated heterocycles. The molecular weight excluding hydrogens is 451 g/mol. The Morgan fingerprint density at radius 1 is 1.18 bits per heavy atom. The fourth-order valence-electron chi connectivity index (χ4n) is 3.78. The molecule has 1 aromatic heterocycles. The van der Waals surface area contributed by atoms with Gasteiger partial charge in [0, 0.05) is 11.5 Å². The summed E-state index contributed by atoms with van der Waals surface area (Å²) >= 11 is 6.00. The summed E-state index contributed by atoms with van der Waals surface area (Å²) in [4.78, 5) is 19.2. The van der Waals surface area contributed by atoms with Gasteiger partial charge in [-0.15, -0.1) is 0 Å². The molecule has 0 unspecified atom stereocenters. The average Bonchev–Trinajstić information content (AvgIpc) is 3.29. The number of methoxy groups -OCH3 is 2. The van der Waals surface area contributed by atoms with Crippen LogP contribution in [0.5, 0.6) is 11.5 Å². The van der Waals surface area contributed by atoms with Crippen molar-refractivity contribution in [3.8, 4) is 22.9 Å². The van der Waals surface area contributed by atoms with Crippen LogP contribution in [0.25, 0.3) is 11.4 Å². The van der Waals surface area contributed by atoms with Crippen LogP contribution in [0.1, 0.15) is 18.7 Å². The van der Waals surface area contributed by atoms with Crippen LogP contribution >= 0.6 is 11.6 Å². The molecule has 33 heavy (non-hydrogen) atoms. The summed E-state index contributed by atoms with van der Waals surface area (Å²) in [5.74, 6) is 1.48. The van der Waals surface area contributed by atoms with Gasteiger partial charge in [0.25, 0.3) is 0 Å². The predicted octanol–water partition coefficient (Wildman–Crippen LogP) is 4.40. The number of amides is 1. The molecule has 0 radical (unpaired) electrons. The van der Waals surface area contributed by atoms with Crippen LogP contribution in [-0.4, -0.2) is 48.3 Å². The van der Waals surface area contributed by atoms with Crippen LogP contribution in [0.3, 0.4) is 0 Å². The maximum absolute atomic E-state index is 13.2. The van der Waals surface area contributed by atoms with E-state index in [0.717, 1.165) is 5.56 Å². The number of halogens is 2. The van der Waals surface area contributed by atoms with Gasteiger partial charge < -0.3 is 19.3 Å². The van der Waals surface area contributed by atoms with Gasteiger partial charge in [0.1, 0.15) is 5.82 Å². The molecule has 2 aromatic carbocycles. The second-order valence-electron chi connectivity index (χ2n) is 7.75. The van der Waals surface area contributed by atoms with Gasteiger partial charge in [-0.25, -0.2) is 4.39 Å². The minimum Gasteiger partial charge on any atom is -0.493 e. The Balaban J connectivity index is 1.31. The third-order valence-electron chi connectivity index (χ3n) is 5.62. The molecular formula is C23H24ClFN4O4. The number of hydrogen-bond donors (Lipinski definition) is 1. The number of hydrogen-bond acceptors (Lipinski definition) is 7. The third kappa shape index (κ3) is 5.43. The number of benzene rings is 2. The highest BCUT2D eigenvalue weighted by Crippen LogP contribution is 2.31. The molecule has 0 aliphatic carbocycles. The van der Waals surface area contributed by atoms with Crippen LogP contribution in [-0.2, 0) is 11.3 Å². The summed E-state index contributed by atoms with van der Waals surface area (Å²) in [6, 6.07) is 9.35. The number of nitrogens with one attached hydrogen (secondary N) is 1. The Hall–Kier alpha value is -3.17. The van der Waals surface area contributed by atoms with E-state index in [1.165, 1.54) is 18.2 Å². The van der Waals surface area contributed by atoms with Crippen molar-refractivity contribution in [3.05, 3.63) is 53.1 Å². The van der Waals surface area contributed by atoms with Gasteiger partial charge in [0.05, 0.1) is 31.5 Å². The molecule has 1 aliphatic heterocycles. The summed E-state index contributed by atoms with van der Waals surface area (Å²) in [5, 5.41) is 7.05. The Kier molecular flexibility index (Phi) is 7.10. The molecule has 8 nitrogen and oxygen atoms in total. The fraction of sp³-hybridized carbons (Fsp3) is 0.348. The van der Waals surface area contributed by atoms with E-state index in [2.05, 4.69) is 20.4 Å². The molecule has 0 saturated carbocycles. The normalized spacial score (nSPS) is 14.8. The number of likely N-dealkylation sites (tertiary alicyclic amines) is 1. The summed E-state index contributed by atoms with van der Waals surface area (Å²) in [7, 11) is 3.15. The summed E-state index contributed by atoms with van der Waals surface area (Å²) in [5.41, 5.74) is 1.18. The average molecular weight is 475 g/mol. The number of nitrogens with zero attached hydrogens (tertiary/aromatic N) is 3. The molecule has 0 spiro atoms. The van der Waals surface area contributed by atoms with Crippen molar-refractivity contribution in [2.45, 2.75) is 19.4 Å². The summed E-state index contributed by atoms with van der Waals surface area (Å²) in [6.07, 6.45) is 1.36. The van der Waals surface area contributed by atoms with Gasteiger partial charge >= 0.3 is 0 Å². The number of ether oxygens (including phenoxy) is 2. The van der Waals surface area contributed by atoms with Gasteiger partial charge in [-0.2, -0.15) is 4.98 Å². The smallest absolute Gasteiger partial charge is 0.241 e. The van der Waals surface area contributed by atoms with Crippen molar-refractivity contribution in [1.82, 2.24) is 15.0 Å². The second-order valence-corrected chi connectivity index (χ2v) is 8.15. The highest BCUT2D eigenvalue weighted by atomic mass is 35.5. The van der Waals surface area contributed by atoms with Crippen molar-refractivity contribution in [3.63, 3.8) is 0 Å². The lowest BCUT2D eigenvalue weighted by Gasteiger charge is -2.30. The quantitative estimate of drug-likeness (QED) is 0.543. The Morgan fingerprint density at radius 3 is 2.64 bits per heavy atom. The van der Waals surface area contributed by atoms with Gasteiger partial charge in [-0.05, 0) is 62.3 Å². The Morgan fingerprint density at radius 2 is 1.94 bits per heavy atom. The van der Waals surface area contributed by atoms with Crippen LogP contribution in [0.4, 0.5) is 10.1 Å². The molecule has 1 N–H and O–H groups in total. The van der Waals surface area contributed by atoms with Gasteiger partial charge in [-0.3, -0.25) is 9.69 Å². The van der Waals surface area contributed by atoms with E-state index in [1.54, 1.807) is 26.4 Å². The number of carbonyl (C=O) groups excluding carboxylic acids is 1. The van der Waals surface area contributed by atoms with Gasteiger partial charge in [0.15, 0.2) is 11.5 Å². The zero-order valence-corrected chi connectivity index (χ0v) is 19.1. The highest BCUT2D eigenvalue weighted by Gasteiger charge is 2.26. The largest absolute Gasteiger partial charge is 0.493 e. The van der Waals surface area contributed by atoms with Crippen LogP contribution in [0.15, 0.2) is 40.9 Å². The van der Waals surface area contributed by atoms with Crippen molar-refractivity contribution < 1.29 is 23.2 Å². The van der Waals surface area contributed by atoms with Crippen LogP contribution in [0, 0.1) is 11.7 Å². The highest BCUT2D eigenvalue weighted by molar-refractivity contribution is 6.33. The number of anilines is 1. The molecule has 2 heterocycles. The predicted molar refractivity (Wildman–Crippen MR) is 121 cm³/mol. The van der Waals surface area contributed by atoms with Crippen LogP contribution in [0.2, 0.25) is 5.02 Å². The first-order valence-corrected chi connectivity index (χ1v) is 10.9. The minimum atomic E-state index is -0.443. The molecule has 0 bridgehead atoms. The Bertz CT molecular complexity index is 1130. The van der Waals surface area contributed by atoms with Gasteiger partial charge in [0.2, 0.25) is 17.6 Å². The zero-order valence-electron chi connectivity index (χ0n) is 18.3. The topological polar surface area (TPSA) is 89.7 Å². The third-order valence-corrected chi connectivity index (χ3v) is 5.93. The van der Waals surface area contributed by atoms with Crippen molar-refractivity contribution in [2.24, 2.45) is 5.92 Å². The molecule has 174 valence electrons. The maximum atomic E-state index is 13.2. The Labute approximate surface area is 195 Å². The van der Waals surface area contributed by atoms with Crippen molar-refractivity contribution >= 4 is 23.2 Å². The number of carbonyl (C=O) groups is 1. The lowest BCUT2D eigenvalue weighted by molar-refractivity contribution is -0.121. The standard InChI is InChI=1S/C23H24ClFN4O4/c1-31-19-6-3-15(11-20(19)32-2)22-27-21(33-28-22)13-29-9-7-14(8-10-29)23(30)26-18-5-4-16(25)12-17(18)24/h3-6,11-12,14H,7-10,13H2,1-2H3,(H,26,30). The van der Waals surface area contributed by atoms with E-state index in [9.17, 15) is 9.18 Å². The first-order valence-electron chi connectivity index (χ1n) is 10.5. The minimum absolute atomic E-state index is 0.114. The van der Waals surface area contributed by atoms with Crippen molar-refractivity contribution in [1.29, 1.82) is 0 Å². The fourth-order valence-corrected chi connectivity index (χ4v) is 4.00. The van der Waals surface area contributed by atoms with E-state index in [4.69, 9.17) is 25.6 Å². The lowest BCUT2D eigenvalue weighted by atomic mass is 9.96. The molecule has 0 atom stereocenters. The molecule has 3 aromatic rings. The van der Waals surface area contributed by atoms with Crippen molar-refractivity contribution in [2.75, 3.05) is 32.6 Å². The van der Waals surface area contributed by atoms with E-state index in [-0.39, 0.29) is 16.8 Å². The summed E-state index contributed by atoms with van der Waals surface area (Å²) < 4.78 is 29.2. The second kappa shape index (κ2) is 10.2. The van der Waals surface area contributed by atoms with E-state index >= 15 is 0 Å². The molecule has 4 rings (SSSR count). The maximum Gasteiger partial charge on any atom is 0.241 e. The van der Waals surface area contributed by atoms with E-state index < -0.39 is 5.82 Å². The number of aromatic nitrogens is 2. The SMILES string of the molecule is COc1ccc(-c2noc(CN3CCC(C(=O)Nc4ccc(F)cc4Cl)CC3)n2)cc1OC. The molecule has 1 aliphatic rings. The summed E-state index contributed by atoms with van der Waals surface area (Å²) in [6.45, 7) is 1.92. The van der Waals surface area contributed by atoms with E-state index in [0.29, 0.717) is 61.4 Å². The lowest BCUT2D eigenvalue weighted by Crippen LogP contribution is -2.37. The first kappa shape index (κ1) is 23.0. The molecule has 1 fully saturated rings. The zero-order chi connectivity index (χ0) is 23.4. The van der Waals surface area contributed by atoms with E-state index in [1.807, 2.05) is 6.07 Å². The van der Waals surface area contributed by atoms with Crippen LogP contribution < -0.4 is 14.8 Å². The number of rotatable bonds is 7.